The summed E-state index contributed by atoms with van der Waals surface area (Å²) in [5.41, 5.74) is 6.94. The predicted molar refractivity (Wildman–Crippen MR) is 74.8 cm³/mol. The van der Waals surface area contributed by atoms with Gasteiger partial charge in [0.2, 0.25) is 5.91 Å². The molecule has 1 saturated heterocycles. The summed E-state index contributed by atoms with van der Waals surface area (Å²) in [6, 6.07) is 7.93. The summed E-state index contributed by atoms with van der Waals surface area (Å²) in [5, 5.41) is 3.55. The van der Waals surface area contributed by atoms with Crippen molar-refractivity contribution in [2.45, 2.75) is 32.4 Å². The molecule has 19 heavy (non-hydrogen) atoms. The quantitative estimate of drug-likeness (QED) is 0.848. The Morgan fingerprint density at radius 1 is 1.37 bits per heavy atom. The van der Waals surface area contributed by atoms with Crippen LogP contribution in [0.15, 0.2) is 24.3 Å². The number of hydrogen-bond acceptors (Lipinski definition) is 3. The number of nitrogens with two attached hydrogens (primary N) is 1. The summed E-state index contributed by atoms with van der Waals surface area (Å²) < 4.78 is 5.38. The first-order chi connectivity index (χ1) is 9.16. The zero-order valence-electron chi connectivity index (χ0n) is 11.4. The molecule has 1 aliphatic rings. The van der Waals surface area contributed by atoms with E-state index in [1.807, 2.05) is 12.1 Å². The van der Waals surface area contributed by atoms with E-state index in [4.69, 9.17) is 10.5 Å². The third kappa shape index (κ3) is 4.04. The van der Waals surface area contributed by atoms with Gasteiger partial charge in [-0.1, -0.05) is 12.1 Å². The van der Waals surface area contributed by atoms with Crippen LogP contribution in [0.25, 0.3) is 0 Å². The fourth-order valence-electron chi connectivity index (χ4n) is 2.45. The molecule has 0 aromatic heterocycles. The van der Waals surface area contributed by atoms with Gasteiger partial charge in [-0.25, -0.2) is 0 Å². The summed E-state index contributed by atoms with van der Waals surface area (Å²) in [6.07, 6.45) is 2.27. The highest BCUT2D eigenvalue weighted by atomic mass is 16.5. The van der Waals surface area contributed by atoms with E-state index < -0.39 is 0 Å². The van der Waals surface area contributed by atoms with E-state index >= 15 is 0 Å². The minimum atomic E-state index is -0.380. The number of hydrogen-bond donors (Lipinski definition) is 2. The minimum Gasteiger partial charge on any atom is -0.381 e. The van der Waals surface area contributed by atoms with E-state index in [1.54, 1.807) is 12.1 Å². The number of amides is 1. The van der Waals surface area contributed by atoms with Crippen molar-refractivity contribution in [2.75, 3.05) is 13.2 Å². The van der Waals surface area contributed by atoms with Gasteiger partial charge < -0.3 is 15.8 Å². The molecular weight excluding hydrogens is 240 g/mol. The van der Waals surface area contributed by atoms with E-state index in [1.165, 1.54) is 5.56 Å². The highest BCUT2D eigenvalue weighted by Crippen LogP contribution is 2.18. The first-order valence-electron chi connectivity index (χ1n) is 6.86. The van der Waals surface area contributed by atoms with Crippen LogP contribution in [-0.4, -0.2) is 25.2 Å². The van der Waals surface area contributed by atoms with Crippen LogP contribution in [0.4, 0.5) is 0 Å². The molecule has 3 N–H and O–H groups in total. The predicted octanol–water partition coefficient (Wildman–Crippen LogP) is 1.69. The molecule has 1 heterocycles. The molecule has 0 bridgehead atoms. The number of rotatable bonds is 5. The van der Waals surface area contributed by atoms with Gasteiger partial charge in [0.15, 0.2) is 0 Å². The zero-order chi connectivity index (χ0) is 13.7. The topological polar surface area (TPSA) is 64.3 Å². The van der Waals surface area contributed by atoms with Crippen molar-refractivity contribution >= 4 is 5.91 Å². The second kappa shape index (κ2) is 6.68. The van der Waals surface area contributed by atoms with Crippen LogP contribution in [0.1, 0.15) is 35.7 Å². The van der Waals surface area contributed by atoms with Crippen LogP contribution < -0.4 is 11.1 Å². The molecule has 2 rings (SSSR count). The van der Waals surface area contributed by atoms with Gasteiger partial charge in [0, 0.05) is 31.4 Å². The average molecular weight is 262 g/mol. The van der Waals surface area contributed by atoms with Crippen molar-refractivity contribution in [3.05, 3.63) is 35.4 Å². The third-order valence-electron chi connectivity index (χ3n) is 3.84. The first-order valence-corrected chi connectivity index (χ1v) is 6.86. The number of carbonyl (C=O) groups is 1. The van der Waals surface area contributed by atoms with E-state index in [2.05, 4.69) is 12.2 Å². The van der Waals surface area contributed by atoms with E-state index in [0.717, 1.165) is 32.6 Å². The van der Waals surface area contributed by atoms with Gasteiger partial charge >= 0.3 is 0 Å². The van der Waals surface area contributed by atoms with Crippen molar-refractivity contribution in [1.29, 1.82) is 0 Å². The van der Waals surface area contributed by atoms with Gasteiger partial charge in [-0.15, -0.1) is 0 Å². The van der Waals surface area contributed by atoms with Crippen molar-refractivity contribution in [1.82, 2.24) is 5.32 Å². The van der Waals surface area contributed by atoms with E-state index in [-0.39, 0.29) is 5.91 Å². The first kappa shape index (κ1) is 14.0. The van der Waals surface area contributed by atoms with E-state index in [9.17, 15) is 4.79 Å². The molecule has 1 fully saturated rings. The molecule has 0 spiro atoms. The van der Waals surface area contributed by atoms with Gasteiger partial charge in [-0.2, -0.15) is 0 Å². The molecule has 4 nitrogen and oxygen atoms in total. The van der Waals surface area contributed by atoms with Gasteiger partial charge in [-0.05, 0) is 43.4 Å². The molecule has 0 radical (unpaired) electrons. The molecule has 1 unspecified atom stereocenters. The van der Waals surface area contributed by atoms with Crippen LogP contribution in [0.3, 0.4) is 0 Å². The summed E-state index contributed by atoms with van der Waals surface area (Å²) >= 11 is 0. The molecule has 0 aliphatic carbocycles. The Hall–Kier alpha value is -1.39. The van der Waals surface area contributed by atoms with E-state index in [0.29, 0.717) is 17.5 Å². The Morgan fingerprint density at radius 2 is 2.00 bits per heavy atom. The Balaban J connectivity index is 1.82. The van der Waals surface area contributed by atoms with Gasteiger partial charge in [-0.3, -0.25) is 4.79 Å². The SMILES string of the molecule is CC(NCc1ccc(C(N)=O)cc1)C1CCOCC1. The van der Waals surface area contributed by atoms with Crippen LogP contribution in [-0.2, 0) is 11.3 Å². The lowest BCUT2D eigenvalue weighted by Crippen LogP contribution is -2.36. The van der Waals surface area contributed by atoms with Gasteiger partial charge in [0.05, 0.1) is 0 Å². The summed E-state index contributed by atoms with van der Waals surface area (Å²) in [6.45, 7) is 4.80. The van der Waals surface area contributed by atoms with Crippen molar-refractivity contribution < 1.29 is 9.53 Å². The fraction of sp³-hybridized carbons (Fsp3) is 0.533. The molecule has 1 atom stereocenters. The highest BCUT2D eigenvalue weighted by molar-refractivity contribution is 5.92. The molecule has 1 amide bonds. The molecule has 1 aromatic rings. The van der Waals surface area contributed by atoms with Crippen LogP contribution in [0, 0.1) is 5.92 Å². The summed E-state index contributed by atoms with van der Waals surface area (Å²) in [7, 11) is 0. The van der Waals surface area contributed by atoms with Gasteiger partial charge in [0.25, 0.3) is 0 Å². The molecule has 1 aromatic carbocycles. The number of benzene rings is 1. The lowest BCUT2D eigenvalue weighted by molar-refractivity contribution is 0.0558. The summed E-state index contributed by atoms with van der Waals surface area (Å²) in [4.78, 5) is 11.0. The Morgan fingerprint density at radius 3 is 2.58 bits per heavy atom. The highest BCUT2D eigenvalue weighted by Gasteiger charge is 2.19. The Bertz CT molecular complexity index is 411. The second-order valence-electron chi connectivity index (χ2n) is 5.18. The monoisotopic (exact) mass is 262 g/mol. The maximum atomic E-state index is 11.0. The molecule has 104 valence electrons. The maximum absolute atomic E-state index is 11.0. The normalized spacial score (nSPS) is 18.2. The standard InChI is InChI=1S/C15H22N2O2/c1-11(13-6-8-19-9-7-13)17-10-12-2-4-14(5-3-12)15(16)18/h2-5,11,13,17H,6-10H2,1H3,(H2,16,18). The second-order valence-corrected chi connectivity index (χ2v) is 5.18. The lowest BCUT2D eigenvalue weighted by Gasteiger charge is -2.28. The van der Waals surface area contributed by atoms with Crippen LogP contribution >= 0.6 is 0 Å². The molecule has 4 heteroatoms. The van der Waals surface area contributed by atoms with Crippen molar-refractivity contribution in [3.8, 4) is 0 Å². The van der Waals surface area contributed by atoms with Gasteiger partial charge in [0.1, 0.15) is 0 Å². The number of nitrogens with one attached hydrogen (secondary N) is 1. The molecule has 1 aliphatic heterocycles. The Labute approximate surface area is 114 Å². The lowest BCUT2D eigenvalue weighted by atomic mass is 9.93. The maximum Gasteiger partial charge on any atom is 0.248 e. The van der Waals surface area contributed by atoms with Crippen molar-refractivity contribution in [3.63, 3.8) is 0 Å². The number of carbonyl (C=O) groups excluding carboxylic acids is 1. The van der Waals surface area contributed by atoms with Crippen LogP contribution in [0.5, 0.6) is 0 Å². The largest absolute Gasteiger partial charge is 0.381 e. The van der Waals surface area contributed by atoms with Crippen molar-refractivity contribution in [2.24, 2.45) is 11.7 Å². The Kier molecular flexibility index (Phi) is 4.93. The van der Waals surface area contributed by atoms with Crippen LogP contribution in [0.2, 0.25) is 0 Å². The zero-order valence-corrected chi connectivity index (χ0v) is 11.4. The smallest absolute Gasteiger partial charge is 0.248 e. The minimum absolute atomic E-state index is 0.380. The third-order valence-corrected chi connectivity index (χ3v) is 3.84. The number of primary amides is 1. The molecule has 0 saturated carbocycles. The average Bonchev–Trinajstić information content (AvgIpc) is 2.46. The number of ether oxygens (including phenoxy) is 1. The summed E-state index contributed by atoms with van der Waals surface area (Å²) in [5.74, 6) is 0.314. The fourth-order valence-corrected chi connectivity index (χ4v) is 2.45. The molecular formula is C15H22N2O2.